The summed E-state index contributed by atoms with van der Waals surface area (Å²) in [4.78, 5) is 29.5. The Bertz CT molecular complexity index is 2400. The van der Waals surface area contributed by atoms with Crippen molar-refractivity contribution >= 4 is 39.3 Å². The van der Waals surface area contributed by atoms with Crippen molar-refractivity contribution in [1.82, 2.24) is 35.0 Å². The Hall–Kier alpha value is -6.40. The summed E-state index contributed by atoms with van der Waals surface area (Å²) in [7, 11) is 1.57. The van der Waals surface area contributed by atoms with E-state index in [2.05, 4.69) is 63.4 Å². The fourth-order valence-electron chi connectivity index (χ4n) is 6.60. The first kappa shape index (κ1) is 39.3. The molecule has 1 saturated carbocycles. The van der Waals surface area contributed by atoms with Crippen molar-refractivity contribution < 1.29 is 14.6 Å². The Morgan fingerprint density at radius 1 is 0.804 bits per heavy atom. The fourth-order valence-corrected chi connectivity index (χ4v) is 6.60. The summed E-state index contributed by atoms with van der Waals surface area (Å²) in [6, 6.07) is 28.0. The van der Waals surface area contributed by atoms with Crippen LogP contribution in [-0.4, -0.2) is 53.9 Å². The van der Waals surface area contributed by atoms with Crippen molar-refractivity contribution in [2.24, 2.45) is 0 Å². The van der Waals surface area contributed by atoms with Gasteiger partial charge in [-0.3, -0.25) is 4.79 Å². The maximum absolute atomic E-state index is 13.0. The number of amides is 1. The van der Waals surface area contributed by atoms with Gasteiger partial charge in [-0.2, -0.15) is 5.10 Å². The van der Waals surface area contributed by atoms with E-state index in [1.807, 2.05) is 79.2 Å². The molecular formula is C44H49N9O3. The second kappa shape index (κ2) is 17.8. The molecule has 0 radical (unpaired) electrons. The van der Waals surface area contributed by atoms with Crippen molar-refractivity contribution in [1.29, 1.82) is 0 Å². The van der Waals surface area contributed by atoms with Gasteiger partial charge in [0.1, 0.15) is 35.7 Å². The predicted molar refractivity (Wildman–Crippen MR) is 222 cm³/mol. The van der Waals surface area contributed by atoms with Gasteiger partial charge >= 0.3 is 0 Å². The van der Waals surface area contributed by atoms with Gasteiger partial charge in [0.2, 0.25) is 0 Å². The zero-order valence-electron chi connectivity index (χ0n) is 32.5. The molecule has 1 fully saturated rings. The molecule has 12 heteroatoms. The van der Waals surface area contributed by atoms with Gasteiger partial charge in [0.25, 0.3) is 5.91 Å². The minimum Gasteiger partial charge on any atom is -0.496 e. The molecule has 6 N–H and O–H groups in total. The molecule has 0 aliphatic heterocycles. The number of anilines is 2. The van der Waals surface area contributed by atoms with Crippen LogP contribution in [0, 0.1) is 27.7 Å². The number of methoxy groups -OCH3 is 1. The van der Waals surface area contributed by atoms with Crippen LogP contribution in [-0.2, 0) is 6.54 Å². The number of aliphatic hydroxyl groups excluding tert-OH is 1. The van der Waals surface area contributed by atoms with Gasteiger partial charge < -0.3 is 26.6 Å². The van der Waals surface area contributed by atoms with Crippen LogP contribution in [0.3, 0.4) is 0 Å². The normalized spacial score (nSPS) is 15.0. The molecule has 0 bridgehead atoms. The molecule has 1 amide bonds. The minimum atomic E-state index is -0.252. The Morgan fingerprint density at radius 3 is 2.02 bits per heavy atom. The van der Waals surface area contributed by atoms with Crippen LogP contribution in [0.2, 0.25) is 0 Å². The number of carbonyl (C=O) groups excluding carboxylic acids is 1. The Kier molecular flexibility index (Phi) is 12.5. The largest absolute Gasteiger partial charge is 0.496 e. The molecule has 288 valence electrons. The van der Waals surface area contributed by atoms with Crippen LogP contribution in [0.15, 0.2) is 97.6 Å². The molecule has 3 aromatic heterocycles. The van der Waals surface area contributed by atoms with Crippen LogP contribution in [0.1, 0.15) is 70.0 Å². The van der Waals surface area contributed by atoms with Crippen LogP contribution in [0.5, 0.6) is 5.75 Å². The predicted octanol–water partition coefficient (Wildman–Crippen LogP) is 7.62. The number of fused-ring (bicyclic) bond motifs is 2. The highest BCUT2D eigenvalue weighted by Crippen LogP contribution is 2.36. The number of nitrogens with one attached hydrogen (secondary N) is 1. The highest BCUT2D eigenvalue weighted by molar-refractivity contribution is 6.02. The van der Waals surface area contributed by atoms with Crippen molar-refractivity contribution in [3.63, 3.8) is 0 Å². The van der Waals surface area contributed by atoms with E-state index in [0.29, 0.717) is 35.1 Å². The third-order valence-corrected chi connectivity index (χ3v) is 10.3. The number of aryl methyl sites for hydroxylation is 3. The summed E-state index contributed by atoms with van der Waals surface area (Å²) >= 11 is 0. The minimum absolute atomic E-state index is 0.153. The van der Waals surface area contributed by atoms with Gasteiger partial charge in [-0.05, 0) is 93.0 Å². The molecule has 1 aliphatic rings. The smallest absolute Gasteiger partial charge is 0.255 e. The molecule has 0 atom stereocenters. The lowest BCUT2D eigenvalue weighted by atomic mass is 9.93. The third kappa shape index (κ3) is 9.10. The standard InChI is InChI=1S/C30H30N6O3.C8H10.C6H9N3/c1-39-25-15-21-5-3-2-4-20(21)14-24(25)30(38)32-16-18-6-8-19(9-7-18)27-26-28(31)33-17-34-29(26)36(35-27)22-10-12-23(37)13-11-22;1-7-5-3-4-6-8(7)2;1-4-5(2)8-3-9-6(4)7/h2-9,14-15,17,22-23,37H,10-13,16H2,1H3,(H,32,38)(H2,31,33,34);3-6H,1-2H3;3H,1-2H3,(H2,7,8,9). The molecule has 3 heterocycles. The zero-order valence-corrected chi connectivity index (χ0v) is 32.5. The van der Waals surface area contributed by atoms with Gasteiger partial charge in [-0.15, -0.1) is 0 Å². The number of nitrogens with two attached hydrogens (primary N) is 2. The molecule has 4 aromatic carbocycles. The highest BCUT2D eigenvalue weighted by Gasteiger charge is 2.26. The van der Waals surface area contributed by atoms with E-state index in [-0.39, 0.29) is 18.1 Å². The molecular weight excluding hydrogens is 703 g/mol. The van der Waals surface area contributed by atoms with E-state index in [0.717, 1.165) is 69.9 Å². The summed E-state index contributed by atoms with van der Waals surface area (Å²) in [6.45, 7) is 8.42. The number of nitrogens with zero attached hydrogens (tertiary/aromatic N) is 6. The average Bonchev–Trinajstić information content (AvgIpc) is 3.61. The molecule has 0 unspecified atom stereocenters. The fraction of sp³-hybridized carbons (Fsp3) is 0.273. The maximum Gasteiger partial charge on any atom is 0.255 e. The van der Waals surface area contributed by atoms with E-state index in [4.69, 9.17) is 21.3 Å². The SMILES string of the molecule is COc1cc2ccccc2cc1C(=O)NCc1ccc(-c2nn(C3CCC(O)CC3)c3ncnc(N)c23)cc1.Cc1ccccc1C.Cc1ncnc(N)c1C. The van der Waals surface area contributed by atoms with Crippen LogP contribution in [0.4, 0.5) is 11.6 Å². The number of hydrogen-bond acceptors (Lipinski definition) is 10. The van der Waals surface area contributed by atoms with E-state index >= 15 is 0 Å². The van der Waals surface area contributed by atoms with E-state index in [9.17, 15) is 9.90 Å². The second-order valence-corrected chi connectivity index (χ2v) is 14.0. The zero-order chi connectivity index (χ0) is 39.8. The molecule has 0 spiro atoms. The Labute approximate surface area is 327 Å². The lowest BCUT2D eigenvalue weighted by Gasteiger charge is -2.25. The molecule has 1 aliphatic carbocycles. The van der Waals surface area contributed by atoms with Gasteiger partial charge in [0.15, 0.2) is 5.65 Å². The van der Waals surface area contributed by atoms with Gasteiger partial charge in [-0.25, -0.2) is 24.6 Å². The quantitative estimate of drug-likeness (QED) is 0.132. The first-order chi connectivity index (χ1) is 27.0. The number of hydrogen-bond donors (Lipinski definition) is 4. The van der Waals surface area contributed by atoms with E-state index < -0.39 is 0 Å². The van der Waals surface area contributed by atoms with Crippen molar-refractivity contribution in [2.75, 3.05) is 18.6 Å². The number of ether oxygens (including phenoxy) is 1. The summed E-state index contributed by atoms with van der Waals surface area (Å²) in [6.07, 6.45) is 5.84. The lowest BCUT2D eigenvalue weighted by Crippen LogP contribution is -2.23. The number of benzene rings is 4. The number of rotatable bonds is 6. The number of carbonyl (C=O) groups is 1. The molecule has 56 heavy (non-hydrogen) atoms. The van der Waals surface area contributed by atoms with E-state index in [1.165, 1.54) is 23.8 Å². The Morgan fingerprint density at radius 2 is 1.41 bits per heavy atom. The van der Waals surface area contributed by atoms with Gasteiger partial charge in [0.05, 0.1) is 30.2 Å². The lowest BCUT2D eigenvalue weighted by molar-refractivity contribution is 0.0948. The maximum atomic E-state index is 13.0. The second-order valence-electron chi connectivity index (χ2n) is 14.0. The van der Waals surface area contributed by atoms with Gasteiger partial charge in [-0.1, -0.05) is 72.8 Å². The first-order valence-corrected chi connectivity index (χ1v) is 18.7. The molecule has 7 aromatic rings. The molecule has 0 saturated heterocycles. The summed E-state index contributed by atoms with van der Waals surface area (Å²) in [5, 5.41) is 20.6. The highest BCUT2D eigenvalue weighted by atomic mass is 16.5. The number of aromatic nitrogens is 6. The summed E-state index contributed by atoms with van der Waals surface area (Å²) in [5.41, 5.74) is 20.2. The van der Waals surface area contributed by atoms with Crippen molar-refractivity contribution in [3.05, 3.63) is 131 Å². The Balaban J connectivity index is 0.000000257. The van der Waals surface area contributed by atoms with Crippen LogP contribution < -0.4 is 21.5 Å². The first-order valence-electron chi connectivity index (χ1n) is 18.7. The number of aliphatic hydroxyl groups is 1. The van der Waals surface area contributed by atoms with Crippen molar-refractivity contribution in [3.8, 4) is 17.0 Å². The van der Waals surface area contributed by atoms with Crippen LogP contribution >= 0.6 is 0 Å². The topological polar surface area (TPSA) is 180 Å². The molecule has 12 nitrogen and oxygen atoms in total. The van der Waals surface area contributed by atoms with Gasteiger partial charge in [0, 0.05) is 23.4 Å². The van der Waals surface area contributed by atoms with Crippen LogP contribution in [0.25, 0.3) is 33.1 Å². The summed E-state index contributed by atoms with van der Waals surface area (Å²) < 4.78 is 7.43. The van der Waals surface area contributed by atoms with Crippen molar-refractivity contribution in [2.45, 2.75) is 72.1 Å². The molecule has 8 rings (SSSR count). The monoisotopic (exact) mass is 751 g/mol. The third-order valence-electron chi connectivity index (χ3n) is 10.3. The average molecular weight is 752 g/mol. The van der Waals surface area contributed by atoms with E-state index in [1.54, 1.807) is 7.11 Å². The summed E-state index contributed by atoms with van der Waals surface area (Å²) in [5.74, 6) is 1.30. The number of nitrogen functional groups attached to an aromatic ring is 2.